The first-order valence-corrected chi connectivity index (χ1v) is 6.53. The molecule has 18 heavy (non-hydrogen) atoms. The van der Waals surface area contributed by atoms with E-state index >= 15 is 0 Å². The molecule has 1 aliphatic rings. The molecule has 0 heterocycles. The van der Waals surface area contributed by atoms with Crippen molar-refractivity contribution in [1.29, 1.82) is 0 Å². The van der Waals surface area contributed by atoms with E-state index in [4.69, 9.17) is 0 Å². The van der Waals surface area contributed by atoms with Crippen LogP contribution < -0.4 is 5.32 Å². The number of aliphatic hydroxyl groups is 1. The Morgan fingerprint density at radius 3 is 2.28 bits per heavy atom. The average Bonchev–Trinajstić information content (AvgIpc) is 2.31. The third-order valence-corrected chi connectivity index (χ3v) is 4.32. The summed E-state index contributed by atoms with van der Waals surface area (Å²) in [5, 5.41) is 22.9. The summed E-state index contributed by atoms with van der Waals surface area (Å²) < 4.78 is 0. The highest BCUT2D eigenvalue weighted by Crippen LogP contribution is 2.40. The second-order valence-electron chi connectivity index (χ2n) is 6.08. The van der Waals surface area contributed by atoms with Crippen LogP contribution in [-0.4, -0.2) is 22.4 Å². The maximum atomic E-state index is 9.73. The van der Waals surface area contributed by atoms with E-state index in [0.717, 1.165) is 24.1 Å². The number of aliphatic hydroxyl groups excluding tert-OH is 1. The minimum atomic E-state index is -0.196. The van der Waals surface area contributed by atoms with Crippen molar-refractivity contribution in [3.63, 3.8) is 0 Å². The predicted molar refractivity (Wildman–Crippen MR) is 72.6 cm³/mol. The van der Waals surface area contributed by atoms with E-state index in [9.17, 15) is 10.2 Å². The Hall–Kier alpha value is -1.06. The summed E-state index contributed by atoms with van der Waals surface area (Å²) in [6, 6.07) is 4.39. The third kappa shape index (κ3) is 2.25. The van der Waals surface area contributed by atoms with Crippen LogP contribution in [0.5, 0.6) is 5.75 Å². The maximum Gasteiger partial charge on any atom is 0.121 e. The zero-order valence-electron chi connectivity index (χ0n) is 11.6. The van der Waals surface area contributed by atoms with Crippen LogP contribution in [0.15, 0.2) is 12.1 Å². The minimum absolute atomic E-state index is 0.0407. The fourth-order valence-electron chi connectivity index (χ4n) is 2.64. The lowest BCUT2D eigenvalue weighted by atomic mass is 9.64. The first-order chi connectivity index (χ1) is 8.32. The van der Waals surface area contributed by atoms with Gasteiger partial charge in [-0.2, -0.15) is 0 Å². The Labute approximate surface area is 109 Å². The molecule has 2 unspecified atom stereocenters. The van der Waals surface area contributed by atoms with Crippen LogP contribution in [-0.2, 0) is 6.54 Å². The normalized spacial score (nSPS) is 25.8. The van der Waals surface area contributed by atoms with E-state index in [0.29, 0.717) is 11.8 Å². The number of aromatic hydroxyl groups is 1. The van der Waals surface area contributed by atoms with Crippen molar-refractivity contribution in [2.45, 2.75) is 52.8 Å². The second kappa shape index (κ2) is 4.56. The highest BCUT2D eigenvalue weighted by Gasteiger charge is 2.46. The Morgan fingerprint density at radius 2 is 1.83 bits per heavy atom. The molecule has 2 atom stereocenters. The molecule has 3 heteroatoms. The molecule has 2 rings (SSSR count). The van der Waals surface area contributed by atoms with Gasteiger partial charge >= 0.3 is 0 Å². The molecule has 0 aromatic heterocycles. The van der Waals surface area contributed by atoms with Crippen molar-refractivity contribution >= 4 is 0 Å². The molecule has 3 nitrogen and oxygen atoms in total. The van der Waals surface area contributed by atoms with Gasteiger partial charge in [0.15, 0.2) is 0 Å². The predicted octanol–water partition coefficient (Wildman–Crippen LogP) is 2.26. The van der Waals surface area contributed by atoms with Crippen LogP contribution in [0.3, 0.4) is 0 Å². The number of aryl methyl sites for hydroxylation is 2. The monoisotopic (exact) mass is 249 g/mol. The van der Waals surface area contributed by atoms with Gasteiger partial charge in [0, 0.05) is 18.0 Å². The molecule has 1 aromatic rings. The molecular weight excluding hydrogens is 226 g/mol. The lowest BCUT2D eigenvalue weighted by Crippen LogP contribution is -2.59. The number of benzene rings is 1. The van der Waals surface area contributed by atoms with Crippen molar-refractivity contribution in [3.05, 3.63) is 28.8 Å². The largest absolute Gasteiger partial charge is 0.507 e. The van der Waals surface area contributed by atoms with Gasteiger partial charge in [0.05, 0.1) is 6.10 Å². The molecule has 0 amide bonds. The summed E-state index contributed by atoms with van der Waals surface area (Å²) in [6.45, 7) is 8.80. The van der Waals surface area contributed by atoms with Gasteiger partial charge in [-0.3, -0.25) is 0 Å². The zero-order valence-corrected chi connectivity index (χ0v) is 11.6. The van der Waals surface area contributed by atoms with Gasteiger partial charge in [-0.05, 0) is 37.0 Å². The highest BCUT2D eigenvalue weighted by molar-refractivity contribution is 5.42. The molecule has 1 aliphatic carbocycles. The SMILES string of the molecule is Cc1cc(CNC2CC(O)C2(C)C)cc(C)c1O. The molecule has 3 N–H and O–H groups in total. The van der Waals surface area contributed by atoms with Gasteiger partial charge in [0.25, 0.3) is 0 Å². The third-order valence-electron chi connectivity index (χ3n) is 4.32. The van der Waals surface area contributed by atoms with Gasteiger partial charge < -0.3 is 15.5 Å². The van der Waals surface area contributed by atoms with Gasteiger partial charge in [0.1, 0.15) is 5.75 Å². The topological polar surface area (TPSA) is 52.5 Å². The lowest BCUT2D eigenvalue weighted by Gasteiger charge is -2.49. The van der Waals surface area contributed by atoms with E-state index in [2.05, 4.69) is 19.2 Å². The summed E-state index contributed by atoms with van der Waals surface area (Å²) in [7, 11) is 0. The van der Waals surface area contributed by atoms with Crippen molar-refractivity contribution < 1.29 is 10.2 Å². The first-order valence-electron chi connectivity index (χ1n) is 6.53. The summed E-state index contributed by atoms with van der Waals surface area (Å²) >= 11 is 0. The summed E-state index contributed by atoms with van der Waals surface area (Å²) in [5.41, 5.74) is 2.97. The second-order valence-corrected chi connectivity index (χ2v) is 6.08. The van der Waals surface area contributed by atoms with Crippen molar-refractivity contribution in [1.82, 2.24) is 5.32 Å². The Morgan fingerprint density at radius 1 is 1.28 bits per heavy atom. The first kappa shape index (κ1) is 13.4. The van der Waals surface area contributed by atoms with E-state index in [-0.39, 0.29) is 11.5 Å². The number of phenolic OH excluding ortho intramolecular Hbond substituents is 1. The molecule has 0 aliphatic heterocycles. The van der Waals surface area contributed by atoms with E-state index in [1.165, 1.54) is 5.56 Å². The molecule has 1 fully saturated rings. The summed E-state index contributed by atoms with van der Waals surface area (Å²) in [4.78, 5) is 0. The molecule has 100 valence electrons. The van der Waals surface area contributed by atoms with E-state index < -0.39 is 0 Å². The summed E-state index contributed by atoms with van der Waals surface area (Å²) in [6.07, 6.45) is 0.626. The van der Waals surface area contributed by atoms with Crippen LogP contribution >= 0.6 is 0 Å². The molecular formula is C15H23NO2. The molecule has 1 aromatic carbocycles. The van der Waals surface area contributed by atoms with Gasteiger partial charge in [-0.25, -0.2) is 0 Å². The quantitative estimate of drug-likeness (QED) is 0.770. The van der Waals surface area contributed by atoms with Gasteiger partial charge in [-0.15, -0.1) is 0 Å². The number of hydrogen-bond acceptors (Lipinski definition) is 3. The minimum Gasteiger partial charge on any atom is -0.507 e. The van der Waals surface area contributed by atoms with Crippen LogP contribution in [0, 0.1) is 19.3 Å². The number of hydrogen-bond donors (Lipinski definition) is 3. The van der Waals surface area contributed by atoms with Crippen molar-refractivity contribution in [2.75, 3.05) is 0 Å². The number of phenols is 1. The lowest BCUT2D eigenvalue weighted by molar-refractivity contribution is -0.0729. The molecule has 0 saturated heterocycles. The number of nitrogens with one attached hydrogen (secondary N) is 1. The van der Waals surface area contributed by atoms with E-state index in [1.807, 2.05) is 26.0 Å². The van der Waals surface area contributed by atoms with Gasteiger partial charge in [0.2, 0.25) is 0 Å². The van der Waals surface area contributed by atoms with Crippen LogP contribution in [0.2, 0.25) is 0 Å². The highest BCUT2D eigenvalue weighted by atomic mass is 16.3. The smallest absolute Gasteiger partial charge is 0.121 e. The molecule has 1 saturated carbocycles. The number of rotatable bonds is 3. The molecule has 0 bridgehead atoms. The van der Waals surface area contributed by atoms with Crippen LogP contribution in [0.4, 0.5) is 0 Å². The average molecular weight is 249 g/mol. The van der Waals surface area contributed by atoms with Crippen LogP contribution in [0.25, 0.3) is 0 Å². The molecule has 0 radical (unpaired) electrons. The van der Waals surface area contributed by atoms with Gasteiger partial charge in [-0.1, -0.05) is 26.0 Å². The maximum absolute atomic E-state index is 9.73. The molecule has 0 spiro atoms. The Kier molecular flexibility index (Phi) is 3.39. The Balaban J connectivity index is 2.00. The van der Waals surface area contributed by atoms with Crippen molar-refractivity contribution in [3.8, 4) is 5.75 Å². The van der Waals surface area contributed by atoms with E-state index in [1.54, 1.807) is 0 Å². The summed E-state index contributed by atoms with van der Waals surface area (Å²) in [5.74, 6) is 0.387. The fraction of sp³-hybridized carbons (Fsp3) is 0.600. The van der Waals surface area contributed by atoms with Crippen LogP contribution in [0.1, 0.15) is 37.0 Å². The van der Waals surface area contributed by atoms with Crippen molar-refractivity contribution in [2.24, 2.45) is 5.41 Å². The zero-order chi connectivity index (χ0) is 13.5. The standard InChI is InChI=1S/C15H23NO2/c1-9-5-11(6-10(2)14(9)18)8-16-12-7-13(17)15(12,3)4/h5-6,12-13,16-18H,7-8H2,1-4H3. The fourth-order valence-corrected chi connectivity index (χ4v) is 2.64. The Bertz CT molecular complexity index is 431.